The van der Waals surface area contributed by atoms with Gasteiger partial charge in [0.05, 0.1) is 23.1 Å². The molecule has 0 radical (unpaired) electrons. The van der Waals surface area contributed by atoms with Crippen molar-refractivity contribution >= 4 is 11.8 Å². The SMILES string of the molecule is Cc1nn(C2CCN(C(=O)OC(C)(C)C)CC2)c(C)c1N. The highest BCUT2D eigenvalue weighted by Crippen LogP contribution is 2.27. The molecule has 1 saturated heterocycles. The maximum atomic E-state index is 12.0. The second kappa shape index (κ2) is 5.58. The van der Waals surface area contributed by atoms with E-state index in [9.17, 15) is 4.79 Å². The van der Waals surface area contributed by atoms with Crippen LogP contribution in [0.1, 0.15) is 51.0 Å². The lowest BCUT2D eigenvalue weighted by molar-refractivity contribution is 0.0184. The number of likely N-dealkylation sites (tertiary alicyclic amines) is 1. The third-order valence-electron chi connectivity index (χ3n) is 3.84. The molecule has 1 aromatic rings. The van der Waals surface area contributed by atoms with Crippen molar-refractivity contribution in [2.45, 2.75) is 59.1 Å². The Kier molecular flexibility index (Phi) is 4.16. The van der Waals surface area contributed by atoms with Crippen LogP contribution in [-0.2, 0) is 4.74 Å². The van der Waals surface area contributed by atoms with Gasteiger partial charge in [-0.25, -0.2) is 4.79 Å². The standard InChI is InChI=1S/C15H26N4O2/c1-10-13(16)11(2)19(17-10)12-6-8-18(9-7-12)14(20)21-15(3,4)5/h12H,6-9,16H2,1-5H3. The molecule has 118 valence electrons. The Bertz CT molecular complexity index is 523. The van der Waals surface area contributed by atoms with E-state index in [-0.39, 0.29) is 6.09 Å². The molecular formula is C15H26N4O2. The van der Waals surface area contributed by atoms with Gasteiger partial charge in [-0.15, -0.1) is 0 Å². The summed E-state index contributed by atoms with van der Waals surface area (Å²) in [6.45, 7) is 11.0. The van der Waals surface area contributed by atoms with Crippen molar-refractivity contribution in [3.63, 3.8) is 0 Å². The van der Waals surface area contributed by atoms with Gasteiger partial charge in [0.1, 0.15) is 5.60 Å². The van der Waals surface area contributed by atoms with E-state index in [1.807, 2.05) is 39.3 Å². The maximum absolute atomic E-state index is 12.0. The highest BCUT2D eigenvalue weighted by atomic mass is 16.6. The van der Waals surface area contributed by atoms with Crippen molar-refractivity contribution in [1.29, 1.82) is 0 Å². The number of anilines is 1. The predicted octanol–water partition coefficient (Wildman–Crippen LogP) is 2.65. The van der Waals surface area contributed by atoms with Crippen LogP contribution in [0.3, 0.4) is 0 Å². The number of rotatable bonds is 1. The fourth-order valence-corrected chi connectivity index (χ4v) is 2.65. The molecule has 0 aliphatic carbocycles. The fraction of sp³-hybridized carbons (Fsp3) is 0.733. The van der Waals surface area contributed by atoms with E-state index < -0.39 is 5.60 Å². The molecule has 0 aromatic carbocycles. The van der Waals surface area contributed by atoms with Gasteiger partial charge in [0.2, 0.25) is 0 Å². The summed E-state index contributed by atoms with van der Waals surface area (Å²) in [7, 11) is 0. The summed E-state index contributed by atoms with van der Waals surface area (Å²) in [5.41, 5.74) is 8.20. The third kappa shape index (κ3) is 3.49. The van der Waals surface area contributed by atoms with Crippen LogP contribution < -0.4 is 5.73 Å². The van der Waals surface area contributed by atoms with E-state index in [0.29, 0.717) is 19.1 Å². The number of carbonyl (C=O) groups is 1. The van der Waals surface area contributed by atoms with Crippen molar-refractivity contribution in [3.8, 4) is 0 Å². The van der Waals surface area contributed by atoms with Gasteiger partial charge >= 0.3 is 6.09 Å². The van der Waals surface area contributed by atoms with Crippen LogP contribution in [-0.4, -0.2) is 39.5 Å². The number of piperidine rings is 1. The van der Waals surface area contributed by atoms with E-state index in [1.54, 1.807) is 4.90 Å². The lowest BCUT2D eigenvalue weighted by atomic mass is 10.1. The second-order valence-corrected chi connectivity index (χ2v) is 6.73. The quantitative estimate of drug-likeness (QED) is 0.864. The van der Waals surface area contributed by atoms with Crippen LogP contribution in [0.15, 0.2) is 0 Å². The Balaban J connectivity index is 1.97. The van der Waals surface area contributed by atoms with Gasteiger partial charge in [0.15, 0.2) is 0 Å². The van der Waals surface area contributed by atoms with Gasteiger partial charge in [-0.1, -0.05) is 0 Å². The van der Waals surface area contributed by atoms with E-state index in [1.165, 1.54) is 0 Å². The summed E-state index contributed by atoms with van der Waals surface area (Å²) in [5.74, 6) is 0. The number of ether oxygens (including phenoxy) is 1. The summed E-state index contributed by atoms with van der Waals surface area (Å²) in [5, 5.41) is 4.52. The average molecular weight is 294 g/mol. The molecule has 6 heteroatoms. The van der Waals surface area contributed by atoms with Crippen LogP contribution >= 0.6 is 0 Å². The number of nitrogen functional groups attached to an aromatic ring is 1. The van der Waals surface area contributed by atoms with Crippen LogP contribution in [0.2, 0.25) is 0 Å². The third-order valence-corrected chi connectivity index (χ3v) is 3.84. The average Bonchev–Trinajstić information content (AvgIpc) is 2.65. The number of nitrogens with zero attached hydrogens (tertiary/aromatic N) is 3. The molecule has 0 atom stereocenters. The molecule has 2 N–H and O–H groups in total. The monoisotopic (exact) mass is 294 g/mol. The van der Waals surface area contributed by atoms with Crippen LogP contribution in [0, 0.1) is 13.8 Å². The van der Waals surface area contributed by atoms with E-state index in [2.05, 4.69) is 5.10 Å². The maximum Gasteiger partial charge on any atom is 0.410 e. The number of hydrogen-bond donors (Lipinski definition) is 1. The summed E-state index contributed by atoms with van der Waals surface area (Å²) in [4.78, 5) is 13.8. The molecule has 21 heavy (non-hydrogen) atoms. The molecule has 0 bridgehead atoms. The number of aryl methyl sites for hydroxylation is 1. The molecule has 1 fully saturated rings. The number of nitrogens with two attached hydrogens (primary N) is 1. The summed E-state index contributed by atoms with van der Waals surface area (Å²) >= 11 is 0. The Morgan fingerprint density at radius 1 is 1.29 bits per heavy atom. The first kappa shape index (κ1) is 15.7. The first-order chi connectivity index (χ1) is 9.69. The van der Waals surface area contributed by atoms with Crippen molar-refractivity contribution < 1.29 is 9.53 Å². The van der Waals surface area contributed by atoms with Crippen LogP contribution in [0.4, 0.5) is 10.5 Å². The molecular weight excluding hydrogens is 268 g/mol. The molecule has 6 nitrogen and oxygen atoms in total. The molecule has 1 amide bonds. The topological polar surface area (TPSA) is 73.4 Å². The Labute approximate surface area is 126 Å². The van der Waals surface area contributed by atoms with Crippen molar-refractivity contribution in [1.82, 2.24) is 14.7 Å². The van der Waals surface area contributed by atoms with Gasteiger partial charge in [-0.3, -0.25) is 4.68 Å². The summed E-state index contributed by atoms with van der Waals surface area (Å²) < 4.78 is 7.42. The molecule has 1 aliphatic heterocycles. The van der Waals surface area contributed by atoms with Gasteiger partial charge < -0.3 is 15.4 Å². The highest BCUT2D eigenvalue weighted by Gasteiger charge is 2.28. The van der Waals surface area contributed by atoms with Gasteiger partial charge in [0.25, 0.3) is 0 Å². The lowest BCUT2D eigenvalue weighted by Gasteiger charge is -2.33. The Morgan fingerprint density at radius 2 is 1.86 bits per heavy atom. The lowest BCUT2D eigenvalue weighted by Crippen LogP contribution is -2.42. The fourth-order valence-electron chi connectivity index (χ4n) is 2.65. The zero-order valence-electron chi connectivity index (χ0n) is 13.6. The number of amides is 1. The number of aromatic nitrogens is 2. The van der Waals surface area contributed by atoms with Crippen molar-refractivity contribution in [3.05, 3.63) is 11.4 Å². The van der Waals surface area contributed by atoms with Crippen LogP contribution in [0.25, 0.3) is 0 Å². The molecule has 0 spiro atoms. The largest absolute Gasteiger partial charge is 0.444 e. The van der Waals surface area contributed by atoms with E-state index >= 15 is 0 Å². The van der Waals surface area contributed by atoms with E-state index in [4.69, 9.17) is 10.5 Å². The highest BCUT2D eigenvalue weighted by molar-refractivity contribution is 5.68. The number of carbonyl (C=O) groups excluding carboxylic acids is 1. The molecule has 2 rings (SSSR count). The first-order valence-corrected chi connectivity index (χ1v) is 7.48. The summed E-state index contributed by atoms with van der Waals surface area (Å²) in [6, 6.07) is 0.305. The smallest absolute Gasteiger partial charge is 0.410 e. The minimum absolute atomic E-state index is 0.228. The minimum atomic E-state index is -0.446. The van der Waals surface area contributed by atoms with Crippen LogP contribution in [0.5, 0.6) is 0 Å². The Morgan fingerprint density at radius 3 is 2.29 bits per heavy atom. The molecule has 1 aliphatic rings. The summed E-state index contributed by atoms with van der Waals surface area (Å²) in [6.07, 6.45) is 1.52. The zero-order valence-corrected chi connectivity index (χ0v) is 13.6. The molecule has 2 heterocycles. The predicted molar refractivity (Wildman–Crippen MR) is 82.2 cm³/mol. The number of hydrogen-bond acceptors (Lipinski definition) is 4. The van der Waals surface area contributed by atoms with Crippen molar-refractivity contribution in [2.24, 2.45) is 0 Å². The normalized spacial score (nSPS) is 17.1. The van der Waals surface area contributed by atoms with Crippen molar-refractivity contribution in [2.75, 3.05) is 18.8 Å². The van der Waals surface area contributed by atoms with Gasteiger partial charge in [-0.05, 0) is 47.5 Å². The molecule has 0 saturated carbocycles. The van der Waals surface area contributed by atoms with E-state index in [0.717, 1.165) is 29.9 Å². The zero-order chi connectivity index (χ0) is 15.8. The molecule has 1 aromatic heterocycles. The van der Waals surface area contributed by atoms with Gasteiger partial charge in [0, 0.05) is 13.1 Å². The minimum Gasteiger partial charge on any atom is -0.444 e. The first-order valence-electron chi connectivity index (χ1n) is 7.48. The van der Waals surface area contributed by atoms with Gasteiger partial charge in [-0.2, -0.15) is 5.10 Å². The molecule has 0 unspecified atom stereocenters. The Hall–Kier alpha value is -1.72. The second-order valence-electron chi connectivity index (χ2n) is 6.73.